The maximum atomic E-state index is 6.01. The molecule has 0 spiro atoms. The summed E-state index contributed by atoms with van der Waals surface area (Å²) in [6, 6.07) is 12.3. The molecule has 0 amide bonds. The van der Waals surface area contributed by atoms with Crippen LogP contribution in [0.4, 0.5) is 0 Å². The Morgan fingerprint density at radius 2 is 2.12 bits per heavy atom. The summed E-state index contributed by atoms with van der Waals surface area (Å²) in [6.07, 6.45) is 1.76. The van der Waals surface area contributed by atoms with Gasteiger partial charge in [-0.2, -0.15) is 0 Å². The quantitative estimate of drug-likeness (QED) is 0.434. The molecule has 0 radical (unpaired) electrons. The number of guanidine groups is 1. The minimum Gasteiger partial charge on any atom is -0.467 e. The summed E-state index contributed by atoms with van der Waals surface area (Å²) in [4.78, 5) is 6.98. The van der Waals surface area contributed by atoms with Gasteiger partial charge < -0.3 is 19.4 Å². The molecule has 1 unspecified atom stereocenters. The Labute approximate surface area is 166 Å². The molecule has 3 rings (SSSR count). The fourth-order valence-corrected chi connectivity index (χ4v) is 2.96. The third-order valence-corrected chi connectivity index (χ3v) is 4.20. The number of furan rings is 1. The van der Waals surface area contributed by atoms with Crippen molar-refractivity contribution in [2.75, 3.05) is 26.2 Å². The Bertz CT molecular complexity index is 673. The van der Waals surface area contributed by atoms with Gasteiger partial charge >= 0.3 is 0 Å². The van der Waals surface area contributed by atoms with E-state index in [2.05, 4.69) is 48.3 Å². The second-order valence-corrected chi connectivity index (χ2v) is 5.91. The number of nitrogens with one attached hydrogen (secondary N) is 1. The molecule has 1 aromatic carbocycles. The van der Waals surface area contributed by atoms with Gasteiger partial charge in [0.15, 0.2) is 5.96 Å². The number of benzene rings is 1. The molecule has 1 saturated heterocycles. The molecule has 6 heteroatoms. The summed E-state index contributed by atoms with van der Waals surface area (Å²) < 4.78 is 11.4. The predicted molar refractivity (Wildman–Crippen MR) is 110 cm³/mol. The van der Waals surface area contributed by atoms with E-state index in [-0.39, 0.29) is 30.1 Å². The summed E-state index contributed by atoms with van der Waals surface area (Å²) in [6.45, 7) is 7.94. The van der Waals surface area contributed by atoms with Crippen LogP contribution in [0.5, 0.6) is 0 Å². The smallest absolute Gasteiger partial charge is 0.194 e. The lowest BCUT2D eigenvalue weighted by Crippen LogP contribution is -2.48. The van der Waals surface area contributed by atoms with Crippen LogP contribution in [0.3, 0.4) is 0 Å². The fourth-order valence-electron chi connectivity index (χ4n) is 2.96. The molecule has 2 aromatic rings. The van der Waals surface area contributed by atoms with Crippen molar-refractivity contribution in [2.24, 2.45) is 4.99 Å². The Kier molecular flexibility index (Phi) is 7.77. The van der Waals surface area contributed by atoms with Crippen LogP contribution in [-0.4, -0.2) is 37.1 Å². The summed E-state index contributed by atoms with van der Waals surface area (Å²) in [5.74, 6) is 1.78. The molecule has 1 atom stereocenters. The van der Waals surface area contributed by atoms with E-state index in [0.29, 0.717) is 13.2 Å². The van der Waals surface area contributed by atoms with Crippen LogP contribution in [0.2, 0.25) is 0 Å². The van der Waals surface area contributed by atoms with E-state index in [1.54, 1.807) is 6.26 Å². The highest BCUT2D eigenvalue weighted by Gasteiger charge is 2.25. The average molecular weight is 455 g/mol. The van der Waals surface area contributed by atoms with Crippen molar-refractivity contribution in [3.63, 3.8) is 0 Å². The van der Waals surface area contributed by atoms with Gasteiger partial charge in [0, 0.05) is 13.1 Å². The summed E-state index contributed by atoms with van der Waals surface area (Å²) in [7, 11) is 0. The zero-order valence-electron chi connectivity index (χ0n) is 14.8. The number of hydrogen-bond donors (Lipinski definition) is 1. The van der Waals surface area contributed by atoms with Crippen molar-refractivity contribution in [1.29, 1.82) is 0 Å². The molecule has 0 saturated carbocycles. The number of hydrogen-bond acceptors (Lipinski definition) is 3. The highest BCUT2D eigenvalue weighted by atomic mass is 127. The van der Waals surface area contributed by atoms with Gasteiger partial charge in [0.05, 0.1) is 19.4 Å². The van der Waals surface area contributed by atoms with Crippen LogP contribution < -0.4 is 5.32 Å². The number of ether oxygens (including phenoxy) is 1. The van der Waals surface area contributed by atoms with Crippen LogP contribution in [-0.2, 0) is 11.3 Å². The first-order valence-corrected chi connectivity index (χ1v) is 8.50. The molecule has 1 fully saturated rings. The summed E-state index contributed by atoms with van der Waals surface area (Å²) in [5.41, 5.74) is 2.52. The molecule has 1 aliphatic heterocycles. The Hall–Kier alpha value is -1.54. The molecular weight excluding hydrogens is 429 g/mol. The molecule has 136 valence electrons. The van der Waals surface area contributed by atoms with Crippen LogP contribution in [0.15, 0.2) is 52.1 Å². The highest BCUT2D eigenvalue weighted by molar-refractivity contribution is 14.0. The molecule has 2 heterocycles. The Morgan fingerprint density at radius 3 is 2.84 bits per heavy atom. The van der Waals surface area contributed by atoms with Crippen LogP contribution in [0, 0.1) is 6.92 Å². The van der Waals surface area contributed by atoms with Crippen molar-refractivity contribution in [2.45, 2.75) is 26.5 Å². The van der Waals surface area contributed by atoms with Crippen molar-refractivity contribution in [3.8, 4) is 0 Å². The lowest BCUT2D eigenvalue weighted by atomic mass is 10.0. The first-order valence-electron chi connectivity index (χ1n) is 8.50. The first-order chi connectivity index (χ1) is 11.8. The standard InChI is InChI=1S/C19H25N3O2.HI/c1-3-20-19(21-13-16-8-6-11-23-16)22-10-12-24-18(14-22)17-9-5-4-7-15(17)2;/h4-9,11,18H,3,10,12-14H2,1-2H3,(H,20,21);1H. The topological polar surface area (TPSA) is 50.0 Å². The molecular formula is C19H26IN3O2. The van der Waals surface area contributed by atoms with Gasteiger partial charge in [-0.05, 0) is 37.1 Å². The van der Waals surface area contributed by atoms with Crippen LogP contribution in [0.25, 0.3) is 0 Å². The van der Waals surface area contributed by atoms with Crippen molar-refractivity contribution >= 4 is 29.9 Å². The Balaban J connectivity index is 0.00000225. The molecule has 1 aromatic heterocycles. The van der Waals surface area contributed by atoms with E-state index >= 15 is 0 Å². The monoisotopic (exact) mass is 455 g/mol. The van der Waals surface area contributed by atoms with Crippen LogP contribution >= 0.6 is 24.0 Å². The molecule has 1 N–H and O–H groups in total. The van der Waals surface area contributed by atoms with E-state index in [0.717, 1.165) is 31.4 Å². The SMILES string of the molecule is CCNC(=NCc1ccco1)N1CCOC(c2ccccc2C)C1.I. The fraction of sp³-hybridized carbons (Fsp3) is 0.421. The predicted octanol–water partition coefficient (Wildman–Crippen LogP) is 3.75. The number of rotatable bonds is 4. The lowest BCUT2D eigenvalue weighted by molar-refractivity contribution is -0.00834. The van der Waals surface area contributed by atoms with E-state index in [9.17, 15) is 0 Å². The number of halogens is 1. The van der Waals surface area contributed by atoms with Gasteiger partial charge in [0.25, 0.3) is 0 Å². The number of aliphatic imine (C=N–C) groups is 1. The second kappa shape index (κ2) is 9.82. The molecule has 1 aliphatic rings. The van der Waals surface area contributed by atoms with Gasteiger partial charge in [-0.15, -0.1) is 24.0 Å². The third kappa shape index (κ3) is 5.22. The first kappa shape index (κ1) is 19.8. The molecule has 5 nitrogen and oxygen atoms in total. The minimum atomic E-state index is 0. The normalized spacial score (nSPS) is 17.9. The third-order valence-electron chi connectivity index (χ3n) is 4.20. The number of morpholine rings is 1. The number of aryl methyl sites for hydroxylation is 1. The van der Waals surface area contributed by atoms with Crippen molar-refractivity contribution in [3.05, 3.63) is 59.5 Å². The van der Waals surface area contributed by atoms with E-state index in [1.807, 2.05) is 12.1 Å². The second-order valence-electron chi connectivity index (χ2n) is 5.91. The summed E-state index contributed by atoms with van der Waals surface area (Å²) in [5, 5.41) is 3.38. The zero-order valence-corrected chi connectivity index (χ0v) is 17.1. The van der Waals surface area contributed by atoms with Gasteiger partial charge in [0.2, 0.25) is 0 Å². The maximum absolute atomic E-state index is 6.01. The van der Waals surface area contributed by atoms with Crippen LogP contribution in [0.1, 0.15) is 29.9 Å². The van der Waals surface area contributed by atoms with E-state index in [1.165, 1.54) is 11.1 Å². The summed E-state index contributed by atoms with van der Waals surface area (Å²) >= 11 is 0. The van der Waals surface area contributed by atoms with Gasteiger partial charge in [-0.25, -0.2) is 4.99 Å². The van der Waals surface area contributed by atoms with E-state index in [4.69, 9.17) is 14.1 Å². The molecule has 25 heavy (non-hydrogen) atoms. The number of nitrogens with zero attached hydrogens (tertiary/aromatic N) is 2. The average Bonchev–Trinajstić information content (AvgIpc) is 3.13. The van der Waals surface area contributed by atoms with Gasteiger partial charge in [-0.3, -0.25) is 0 Å². The lowest BCUT2D eigenvalue weighted by Gasteiger charge is -2.35. The van der Waals surface area contributed by atoms with Crippen molar-refractivity contribution < 1.29 is 9.15 Å². The van der Waals surface area contributed by atoms with E-state index < -0.39 is 0 Å². The molecule has 0 aliphatic carbocycles. The largest absolute Gasteiger partial charge is 0.467 e. The van der Waals surface area contributed by atoms with Gasteiger partial charge in [-0.1, -0.05) is 24.3 Å². The maximum Gasteiger partial charge on any atom is 0.194 e. The van der Waals surface area contributed by atoms with Gasteiger partial charge in [0.1, 0.15) is 18.4 Å². The zero-order chi connectivity index (χ0) is 16.8. The minimum absolute atomic E-state index is 0. The molecule has 0 bridgehead atoms. The van der Waals surface area contributed by atoms with Crippen molar-refractivity contribution in [1.82, 2.24) is 10.2 Å². The highest BCUT2D eigenvalue weighted by Crippen LogP contribution is 2.25. The Morgan fingerprint density at radius 1 is 1.28 bits per heavy atom.